The molecule has 0 spiro atoms. The largest absolute Gasteiger partial charge is 0.394 e. The molecule has 1 saturated carbocycles. The van der Waals surface area contributed by atoms with Crippen molar-refractivity contribution in [3.05, 3.63) is 0 Å². The summed E-state index contributed by atoms with van der Waals surface area (Å²) in [5.74, 6) is 0. The van der Waals surface area contributed by atoms with Gasteiger partial charge >= 0.3 is 0 Å². The highest BCUT2D eigenvalue weighted by Gasteiger charge is 2.42. The molecule has 2 fully saturated rings. The van der Waals surface area contributed by atoms with Gasteiger partial charge in [-0.1, -0.05) is 20.8 Å². The number of rotatable bonds is 6. The van der Waals surface area contributed by atoms with E-state index < -0.39 is 0 Å². The van der Waals surface area contributed by atoms with Gasteiger partial charge in [0.1, 0.15) is 0 Å². The van der Waals surface area contributed by atoms with Gasteiger partial charge in [-0.3, -0.25) is 4.90 Å². The fraction of sp³-hybridized carbons (Fsp3) is 1.00. The molecule has 2 aliphatic rings. The van der Waals surface area contributed by atoms with Crippen LogP contribution in [0.2, 0.25) is 0 Å². The summed E-state index contributed by atoms with van der Waals surface area (Å²) in [6.07, 6.45) is 8.81. The van der Waals surface area contributed by atoms with Crippen LogP contribution in [-0.2, 0) is 0 Å². The minimum atomic E-state index is -0.0126. The maximum atomic E-state index is 9.85. The first-order valence-corrected chi connectivity index (χ1v) is 8.72. The number of hydrogen-bond acceptors (Lipinski definition) is 3. The molecule has 0 amide bonds. The third-order valence-corrected chi connectivity index (χ3v) is 6.16. The van der Waals surface area contributed by atoms with Gasteiger partial charge in [-0.05, 0) is 63.5 Å². The van der Waals surface area contributed by atoms with Gasteiger partial charge in [-0.15, -0.1) is 0 Å². The summed E-state index contributed by atoms with van der Waals surface area (Å²) in [6.45, 7) is 10.6. The van der Waals surface area contributed by atoms with Crippen LogP contribution in [0.5, 0.6) is 0 Å². The number of nitrogens with one attached hydrogen (secondary N) is 1. The Bertz CT molecular complexity index is 299. The van der Waals surface area contributed by atoms with Crippen molar-refractivity contribution < 1.29 is 5.11 Å². The van der Waals surface area contributed by atoms with Crippen LogP contribution in [0.4, 0.5) is 0 Å². The minimum Gasteiger partial charge on any atom is -0.394 e. The Hall–Kier alpha value is -0.120. The van der Waals surface area contributed by atoms with E-state index in [1.165, 1.54) is 45.2 Å². The predicted molar refractivity (Wildman–Crippen MR) is 85.0 cm³/mol. The number of aliphatic hydroxyl groups is 1. The van der Waals surface area contributed by atoms with Crippen LogP contribution >= 0.6 is 0 Å². The Labute approximate surface area is 125 Å². The van der Waals surface area contributed by atoms with Crippen molar-refractivity contribution in [2.24, 2.45) is 5.41 Å². The molecule has 3 heteroatoms. The highest BCUT2D eigenvalue weighted by Crippen LogP contribution is 2.41. The quantitative estimate of drug-likeness (QED) is 0.786. The third-order valence-electron chi connectivity index (χ3n) is 6.16. The highest BCUT2D eigenvalue weighted by molar-refractivity contribution is 4.99. The number of likely N-dealkylation sites (N-methyl/N-ethyl adjacent to an activating group) is 1. The topological polar surface area (TPSA) is 35.5 Å². The Morgan fingerprint density at radius 3 is 2.50 bits per heavy atom. The van der Waals surface area contributed by atoms with Crippen molar-refractivity contribution in [2.45, 2.75) is 77.3 Å². The van der Waals surface area contributed by atoms with E-state index in [9.17, 15) is 5.11 Å². The first-order valence-electron chi connectivity index (χ1n) is 8.72. The molecular formula is C17H34N2O. The zero-order chi connectivity index (χ0) is 14.6. The van der Waals surface area contributed by atoms with Crippen LogP contribution in [0, 0.1) is 5.41 Å². The van der Waals surface area contributed by atoms with Gasteiger partial charge in [-0.25, -0.2) is 0 Å². The average Bonchev–Trinajstić information content (AvgIpc) is 2.93. The SMILES string of the molecule is CCNC1(CO)CCCC(N2CCC(CC)(CC)C2)C1. The molecular weight excluding hydrogens is 248 g/mol. The normalized spacial score (nSPS) is 34.5. The second kappa shape index (κ2) is 6.76. The fourth-order valence-electron chi connectivity index (χ4n) is 4.49. The summed E-state index contributed by atoms with van der Waals surface area (Å²) >= 11 is 0. The van der Waals surface area contributed by atoms with Crippen LogP contribution in [0.25, 0.3) is 0 Å². The monoisotopic (exact) mass is 282 g/mol. The van der Waals surface area contributed by atoms with Gasteiger partial charge in [0.25, 0.3) is 0 Å². The lowest BCUT2D eigenvalue weighted by atomic mass is 9.78. The summed E-state index contributed by atoms with van der Waals surface area (Å²) in [5, 5.41) is 13.4. The number of nitrogens with zero attached hydrogens (tertiary/aromatic N) is 1. The van der Waals surface area contributed by atoms with E-state index in [2.05, 4.69) is 31.0 Å². The Morgan fingerprint density at radius 2 is 1.95 bits per heavy atom. The average molecular weight is 282 g/mol. The summed E-state index contributed by atoms with van der Waals surface area (Å²) in [4.78, 5) is 2.73. The summed E-state index contributed by atoms with van der Waals surface area (Å²) in [6, 6.07) is 0.676. The number of hydrogen-bond donors (Lipinski definition) is 2. The molecule has 3 nitrogen and oxygen atoms in total. The summed E-state index contributed by atoms with van der Waals surface area (Å²) < 4.78 is 0. The van der Waals surface area contributed by atoms with E-state index in [-0.39, 0.29) is 12.1 Å². The molecule has 2 rings (SSSR count). The lowest BCUT2D eigenvalue weighted by Crippen LogP contribution is -2.55. The molecule has 0 bridgehead atoms. The van der Waals surface area contributed by atoms with E-state index in [0.29, 0.717) is 11.5 Å². The molecule has 0 aromatic carbocycles. The number of aliphatic hydroxyl groups excluding tert-OH is 1. The number of likely N-dealkylation sites (tertiary alicyclic amines) is 1. The highest BCUT2D eigenvalue weighted by atomic mass is 16.3. The Balaban J connectivity index is 1.99. The molecule has 20 heavy (non-hydrogen) atoms. The lowest BCUT2D eigenvalue weighted by Gasteiger charge is -2.44. The molecule has 0 aromatic rings. The van der Waals surface area contributed by atoms with Crippen LogP contribution in [0.15, 0.2) is 0 Å². The van der Waals surface area contributed by atoms with Gasteiger partial charge < -0.3 is 10.4 Å². The summed E-state index contributed by atoms with van der Waals surface area (Å²) in [7, 11) is 0. The van der Waals surface area contributed by atoms with Gasteiger partial charge in [0.05, 0.1) is 6.61 Å². The van der Waals surface area contributed by atoms with Crippen molar-refractivity contribution in [1.29, 1.82) is 0 Å². The van der Waals surface area contributed by atoms with Crippen LogP contribution in [0.3, 0.4) is 0 Å². The van der Waals surface area contributed by atoms with Gasteiger partial charge in [0.15, 0.2) is 0 Å². The van der Waals surface area contributed by atoms with Gasteiger partial charge in [0.2, 0.25) is 0 Å². The molecule has 0 aromatic heterocycles. The zero-order valence-corrected chi connectivity index (χ0v) is 13.7. The van der Waals surface area contributed by atoms with Crippen molar-refractivity contribution in [1.82, 2.24) is 10.2 Å². The van der Waals surface area contributed by atoms with Gasteiger partial charge in [0, 0.05) is 18.1 Å². The first-order chi connectivity index (χ1) is 9.62. The standard InChI is InChI=1S/C17H34N2O/c1-4-16(5-2)10-11-19(13-16)15-8-7-9-17(12-15,14-20)18-6-3/h15,18,20H,4-14H2,1-3H3. The van der Waals surface area contributed by atoms with Crippen LogP contribution in [0.1, 0.15) is 65.7 Å². The second-order valence-electron chi connectivity index (χ2n) is 7.15. The van der Waals surface area contributed by atoms with Crippen molar-refractivity contribution in [3.8, 4) is 0 Å². The van der Waals surface area contributed by atoms with Crippen LogP contribution in [-0.4, -0.2) is 47.8 Å². The molecule has 2 N–H and O–H groups in total. The molecule has 0 radical (unpaired) electrons. The second-order valence-corrected chi connectivity index (χ2v) is 7.15. The Morgan fingerprint density at radius 1 is 1.20 bits per heavy atom. The molecule has 1 saturated heterocycles. The fourth-order valence-corrected chi connectivity index (χ4v) is 4.49. The maximum Gasteiger partial charge on any atom is 0.0613 e. The maximum absolute atomic E-state index is 9.85. The third kappa shape index (κ3) is 3.20. The van der Waals surface area contributed by atoms with E-state index in [4.69, 9.17) is 0 Å². The molecule has 118 valence electrons. The zero-order valence-electron chi connectivity index (χ0n) is 13.7. The molecule has 2 unspecified atom stereocenters. The molecule has 1 aliphatic carbocycles. The smallest absolute Gasteiger partial charge is 0.0613 e. The van der Waals surface area contributed by atoms with Crippen molar-refractivity contribution >= 4 is 0 Å². The van der Waals surface area contributed by atoms with E-state index in [1.54, 1.807) is 0 Å². The van der Waals surface area contributed by atoms with E-state index in [1.807, 2.05) is 0 Å². The predicted octanol–water partition coefficient (Wildman–Crippen LogP) is 2.78. The lowest BCUT2D eigenvalue weighted by molar-refractivity contribution is 0.0642. The molecule has 2 atom stereocenters. The first kappa shape index (κ1) is 16.3. The van der Waals surface area contributed by atoms with Crippen LogP contribution < -0.4 is 5.32 Å². The Kier molecular flexibility index (Phi) is 5.49. The molecule has 1 heterocycles. The van der Waals surface area contributed by atoms with E-state index in [0.717, 1.165) is 19.4 Å². The molecule has 1 aliphatic heterocycles. The summed E-state index contributed by atoms with van der Waals surface area (Å²) in [5.41, 5.74) is 0.554. The minimum absolute atomic E-state index is 0.0126. The van der Waals surface area contributed by atoms with Crippen molar-refractivity contribution in [3.63, 3.8) is 0 Å². The van der Waals surface area contributed by atoms with E-state index >= 15 is 0 Å². The van der Waals surface area contributed by atoms with Gasteiger partial charge in [-0.2, -0.15) is 0 Å². The van der Waals surface area contributed by atoms with Crippen molar-refractivity contribution in [2.75, 3.05) is 26.2 Å².